The van der Waals surface area contributed by atoms with Crippen LogP contribution in [0.1, 0.15) is 45.9 Å². The molecule has 26 heavy (non-hydrogen) atoms. The molecule has 2 aromatic carbocycles. The highest BCUT2D eigenvalue weighted by molar-refractivity contribution is 5.99. The first-order valence-electron chi connectivity index (χ1n) is 8.39. The summed E-state index contributed by atoms with van der Waals surface area (Å²) < 4.78 is 0. The predicted octanol–water partition coefficient (Wildman–Crippen LogP) is 3.06. The van der Waals surface area contributed by atoms with Crippen LogP contribution in [-0.2, 0) is 0 Å². The number of imidazole rings is 1. The monoisotopic (exact) mass is 348 g/mol. The van der Waals surface area contributed by atoms with E-state index in [0.717, 1.165) is 11.3 Å². The summed E-state index contributed by atoms with van der Waals surface area (Å²) in [6.07, 6.45) is 2.43. The molecule has 3 aromatic rings. The molecule has 0 bridgehead atoms. The van der Waals surface area contributed by atoms with E-state index < -0.39 is 5.91 Å². The topological polar surface area (TPSA) is 101 Å². The van der Waals surface area contributed by atoms with E-state index in [0.29, 0.717) is 23.4 Å². The van der Waals surface area contributed by atoms with Crippen LogP contribution in [0.25, 0.3) is 11.3 Å². The number of nitrogens with zero attached hydrogens (tertiary/aromatic N) is 1. The maximum Gasteiger partial charge on any atom is 0.251 e. The second kappa shape index (κ2) is 7.65. The number of H-pyrrole nitrogens is 1. The first-order chi connectivity index (χ1) is 12.6. The van der Waals surface area contributed by atoms with Gasteiger partial charge in [-0.05, 0) is 30.2 Å². The number of benzene rings is 2. The molecular weight excluding hydrogens is 328 g/mol. The average Bonchev–Trinajstić information content (AvgIpc) is 3.16. The molecule has 1 aromatic heterocycles. The molecule has 0 saturated carbocycles. The number of hydrogen-bond acceptors (Lipinski definition) is 3. The van der Waals surface area contributed by atoms with Crippen molar-refractivity contribution in [1.29, 1.82) is 0 Å². The molecule has 1 heterocycles. The van der Waals surface area contributed by atoms with Crippen molar-refractivity contribution < 1.29 is 9.59 Å². The Morgan fingerprint density at radius 3 is 2.54 bits per heavy atom. The number of rotatable bonds is 6. The average molecular weight is 348 g/mol. The summed E-state index contributed by atoms with van der Waals surface area (Å²) in [7, 11) is 0. The molecule has 2 amide bonds. The molecule has 0 aliphatic rings. The van der Waals surface area contributed by atoms with Crippen molar-refractivity contribution in [3.8, 4) is 11.3 Å². The summed E-state index contributed by atoms with van der Waals surface area (Å²) in [5.41, 5.74) is 7.88. The SMILES string of the molecule is CCC(NC(=O)c1cccc(C(N)=O)c1)c1ncc(-c2ccccc2)[nH]1. The number of primary amides is 1. The molecule has 4 N–H and O–H groups in total. The van der Waals surface area contributed by atoms with Crippen LogP contribution in [-0.4, -0.2) is 21.8 Å². The Hall–Kier alpha value is -3.41. The minimum Gasteiger partial charge on any atom is -0.366 e. The molecule has 1 atom stereocenters. The van der Waals surface area contributed by atoms with Crippen LogP contribution in [0.3, 0.4) is 0 Å². The van der Waals surface area contributed by atoms with Gasteiger partial charge < -0.3 is 16.0 Å². The maximum absolute atomic E-state index is 12.5. The molecule has 132 valence electrons. The smallest absolute Gasteiger partial charge is 0.251 e. The highest BCUT2D eigenvalue weighted by atomic mass is 16.2. The van der Waals surface area contributed by atoms with Gasteiger partial charge in [0.2, 0.25) is 5.91 Å². The fourth-order valence-electron chi connectivity index (χ4n) is 2.70. The number of carbonyl (C=O) groups excluding carboxylic acids is 2. The van der Waals surface area contributed by atoms with Gasteiger partial charge in [0, 0.05) is 11.1 Å². The standard InChI is InChI=1S/C20H20N4O2/c1-2-16(19-22-12-17(23-19)13-7-4-3-5-8-13)24-20(26)15-10-6-9-14(11-15)18(21)25/h3-12,16H,2H2,1H3,(H2,21,25)(H,22,23)(H,24,26). The predicted molar refractivity (Wildman–Crippen MR) is 99.5 cm³/mol. The molecule has 0 fully saturated rings. The van der Waals surface area contributed by atoms with Crippen molar-refractivity contribution >= 4 is 11.8 Å². The van der Waals surface area contributed by atoms with Crippen LogP contribution >= 0.6 is 0 Å². The third-order valence-corrected chi connectivity index (χ3v) is 4.13. The van der Waals surface area contributed by atoms with Crippen molar-refractivity contribution in [2.24, 2.45) is 5.73 Å². The number of aromatic amines is 1. The van der Waals surface area contributed by atoms with E-state index in [9.17, 15) is 9.59 Å². The van der Waals surface area contributed by atoms with E-state index in [1.54, 1.807) is 24.4 Å². The maximum atomic E-state index is 12.5. The van der Waals surface area contributed by atoms with E-state index in [1.165, 1.54) is 6.07 Å². The van der Waals surface area contributed by atoms with Gasteiger partial charge in [-0.15, -0.1) is 0 Å². The summed E-state index contributed by atoms with van der Waals surface area (Å²) >= 11 is 0. The van der Waals surface area contributed by atoms with E-state index in [2.05, 4.69) is 15.3 Å². The fourth-order valence-corrected chi connectivity index (χ4v) is 2.70. The molecule has 0 saturated heterocycles. The second-order valence-electron chi connectivity index (χ2n) is 5.93. The Balaban J connectivity index is 1.77. The molecule has 0 aliphatic heterocycles. The van der Waals surface area contributed by atoms with Gasteiger partial charge in [-0.2, -0.15) is 0 Å². The summed E-state index contributed by atoms with van der Waals surface area (Å²) in [5, 5.41) is 2.95. The molecule has 6 heteroatoms. The third-order valence-electron chi connectivity index (χ3n) is 4.13. The van der Waals surface area contributed by atoms with Crippen molar-refractivity contribution in [2.45, 2.75) is 19.4 Å². The largest absolute Gasteiger partial charge is 0.366 e. The molecule has 0 aliphatic carbocycles. The van der Waals surface area contributed by atoms with Crippen LogP contribution in [0.4, 0.5) is 0 Å². The van der Waals surface area contributed by atoms with Gasteiger partial charge in [-0.1, -0.05) is 43.3 Å². The van der Waals surface area contributed by atoms with Crippen molar-refractivity contribution in [2.75, 3.05) is 0 Å². The molecule has 1 unspecified atom stereocenters. The summed E-state index contributed by atoms with van der Waals surface area (Å²) in [4.78, 5) is 31.5. The van der Waals surface area contributed by atoms with Gasteiger partial charge in [0.15, 0.2) is 0 Å². The zero-order valence-electron chi connectivity index (χ0n) is 14.4. The number of amides is 2. The quantitative estimate of drug-likeness (QED) is 0.638. The Labute approximate surface area is 151 Å². The third kappa shape index (κ3) is 3.80. The van der Waals surface area contributed by atoms with Crippen LogP contribution in [0, 0.1) is 0 Å². The number of nitrogens with one attached hydrogen (secondary N) is 2. The van der Waals surface area contributed by atoms with E-state index in [-0.39, 0.29) is 11.9 Å². The molecule has 3 rings (SSSR count). The molecular formula is C20H20N4O2. The lowest BCUT2D eigenvalue weighted by atomic mass is 10.1. The van der Waals surface area contributed by atoms with Gasteiger partial charge in [-0.3, -0.25) is 9.59 Å². The summed E-state index contributed by atoms with van der Waals surface area (Å²) in [6.45, 7) is 1.97. The van der Waals surface area contributed by atoms with Crippen molar-refractivity contribution in [3.05, 3.63) is 77.7 Å². The van der Waals surface area contributed by atoms with Gasteiger partial charge in [0.1, 0.15) is 5.82 Å². The van der Waals surface area contributed by atoms with E-state index in [1.807, 2.05) is 37.3 Å². The summed E-state index contributed by atoms with van der Waals surface area (Å²) in [6, 6.07) is 15.9. The van der Waals surface area contributed by atoms with Gasteiger partial charge in [0.05, 0.1) is 17.9 Å². The lowest BCUT2D eigenvalue weighted by molar-refractivity contribution is 0.0934. The highest BCUT2D eigenvalue weighted by Crippen LogP contribution is 2.21. The number of aromatic nitrogens is 2. The van der Waals surface area contributed by atoms with Crippen molar-refractivity contribution in [3.63, 3.8) is 0 Å². The summed E-state index contributed by atoms with van der Waals surface area (Å²) in [5.74, 6) is -0.159. The highest BCUT2D eigenvalue weighted by Gasteiger charge is 2.18. The van der Waals surface area contributed by atoms with Crippen LogP contribution in [0.5, 0.6) is 0 Å². The van der Waals surface area contributed by atoms with Gasteiger partial charge >= 0.3 is 0 Å². The van der Waals surface area contributed by atoms with Crippen LogP contribution < -0.4 is 11.1 Å². The second-order valence-corrected chi connectivity index (χ2v) is 5.93. The first kappa shape index (κ1) is 17.4. The Morgan fingerprint density at radius 1 is 1.12 bits per heavy atom. The first-order valence-corrected chi connectivity index (χ1v) is 8.39. The van der Waals surface area contributed by atoms with Crippen molar-refractivity contribution in [1.82, 2.24) is 15.3 Å². The molecule has 0 spiro atoms. The number of nitrogens with two attached hydrogens (primary N) is 1. The van der Waals surface area contributed by atoms with Gasteiger partial charge in [0.25, 0.3) is 5.91 Å². The normalized spacial score (nSPS) is 11.7. The number of hydrogen-bond donors (Lipinski definition) is 3. The fraction of sp³-hybridized carbons (Fsp3) is 0.150. The lowest BCUT2D eigenvalue weighted by Crippen LogP contribution is -2.29. The minimum atomic E-state index is -0.565. The molecule has 0 radical (unpaired) electrons. The Bertz CT molecular complexity index is 918. The Kier molecular flexibility index (Phi) is 5.12. The lowest BCUT2D eigenvalue weighted by Gasteiger charge is -2.15. The van der Waals surface area contributed by atoms with E-state index >= 15 is 0 Å². The zero-order valence-corrected chi connectivity index (χ0v) is 14.4. The van der Waals surface area contributed by atoms with Crippen LogP contribution in [0.15, 0.2) is 60.8 Å². The van der Waals surface area contributed by atoms with E-state index in [4.69, 9.17) is 5.73 Å². The van der Waals surface area contributed by atoms with Gasteiger partial charge in [-0.25, -0.2) is 4.98 Å². The number of carbonyl (C=O) groups is 2. The van der Waals surface area contributed by atoms with Crippen LogP contribution in [0.2, 0.25) is 0 Å². The molecule has 6 nitrogen and oxygen atoms in total. The Morgan fingerprint density at radius 2 is 1.85 bits per heavy atom. The minimum absolute atomic E-state index is 0.266. The zero-order chi connectivity index (χ0) is 18.5.